The van der Waals surface area contributed by atoms with Gasteiger partial charge < -0.3 is 10.3 Å². The summed E-state index contributed by atoms with van der Waals surface area (Å²) in [6.07, 6.45) is 0. The SMILES string of the molecule is CCNC(=O)CN1CCN(Cc2nc3ccccc3[nH]c2=O)CC1. The minimum absolute atomic E-state index is 0.0681. The molecule has 3 rings (SSSR count). The average molecular weight is 329 g/mol. The molecule has 1 aliphatic heterocycles. The Morgan fingerprint density at radius 3 is 2.67 bits per heavy atom. The average Bonchev–Trinajstić information content (AvgIpc) is 2.57. The van der Waals surface area contributed by atoms with E-state index in [1.807, 2.05) is 31.2 Å². The molecule has 7 nitrogen and oxygen atoms in total. The van der Waals surface area contributed by atoms with Crippen LogP contribution < -0.4 is 10.9 Å². The van der Waals surface area contributed by atoms with Gasteiger partial charge in [0, 0.05) is 39.3 Å². The predicted octanol–water partition coefficient (Wildman–Crippen LogP) is 0.177. The topological polar surface area (TPSA) is 81.3 Å². The Morgan fingerprint density at radius 1 is 1.21 bits per heavy atom. The summed E-state index contributed by atoms with van der Waals surface area (Å²) >= 11 is 0. The summed E-state index contributed by atoms with van der Waals surface area (Å²) in [5.74, 6) is 0.0681. The van der Waals surface area contributed by atoms with Crippen molar-refractivity contribution in [1.29, 1.82) is 0 Å². The number of carbonyl (C=O) groups is 1. The molecule has 1 aromatic heterocycles. The van der Waals surface area contributed by atoms with E-state index in [2.05, 4.69) is 25.1 Å². The van der Waals surface area contributed by atoms with Crippen LogP contribution in [0.3, 0.4) is 0 Å². The van der Waals surface area contributed by atoms with Gasteiger partial charge in [0.1, 0.15) is 5.69 Å². The van der Waals surface area contributed by atoms with E-state index in [0.717, 1.165) is 37.2 Å². The second kappa shape index (κ2) is 7.55. The van der Waals surface area contributed by atoms with E-state index in [1.54, 1.807) is 0 Å². The fourth-order valence-electron chi connectivity index (χ4n) is 2.95. The lowest BCUT2D eigenvalue weighted by molar-refractivity contribution is -0.122. The molecule has 0 aliphatic carbocycles. The third-order valence-electron chi connectivity index (χ3n) is 4.25. The molecule has 24 heavy (non-hydrogen) atoms. The molecule has 0 bridgehead atoms. The van der Waals surface area contributed by atoms with Gasteiger partial charge in [0.25, 0.3) is 5.56 Å². The number of piperazine rings is 1. The highest BCUT2D eigenvalue weighted by Crippen LogP contribution is 2.09. The Bertz CT molecular complexity index is 765. The molecule has 1 saturated heterocycles. The van der Waals surface area contributed by atoms with Crippen LogP contribution in [0.4, 0.5) is 0 Å². The van der Waals surface area contributed by atoms with Crippen LogP contribution in [0.25, 0.3) is 11.0 Å². The number of amides is 1. The van der Waals surface area contributed by atoms with Crippen molar-refractivity contribution in [3.8, 4) is 0 Å². The summed E-state index contributed by atoms with van der Waals surface area (Å²) in [6.45, 7) is 6.86. The third-order valence-corrected chi connectivity index (χ3v) is 4.25. The maximum Gasteiger partial charge on any atom is 0.271 e. The first-order chi connectivity index (χ1) is 11.7. The van der Waals surface area contributed by atoms with Crippen molar-refractivity contribution in [3.05, 3.63) is 40.3 Å². The smallest absolute Gasteiger partial charge is 0.271 e. The Hall–Kier alpha value is -2.25. The zero-order chi connectivity index (χ0) is 16.9. The number of likely N-dealkylation sites (N-methyl/N-ethyl adjacent to an activating group) is 1. The van der Waals surface area contributed by atoms with Crippen LogP contribution in [-0.4, -0.2) is 64.9 Å². The molecule has 0 saturated carbocycles. The zero-order valence-electron chi connectivity index (χ0n) is 13.9. The number of nitrogens with one attached hydrogen (secondary N) is 2. The first-order valence-electron chi connectivity index (χ1n) is 8.35. The highest BCUT2D eigenvalue weighted by Gasteiger charge is 2.20. The van der Waals surface area contributed by atoms with E-state index in [-0.39, 0.29) is 11.5 Å². The summed E-state index contributed by atoms with van der Waals surface area (Å²) in [5, 5.41) is 2.82. The molecule has 1 aliphatic rings. The molecular weight excluding hydrogens is 306 g/mol. The number of aromatic nitrogens is 2. The van der Waals surface area contributed by atoms with Crippen molar-refractivity contribution in [3.63, 3.8) is 0 Å². The van der Waals surface area contributed by atoms with E-state index in [4.69, 9.17) is 0 Å². The molecule has 7 heteroatoms. The minimum atomic E-state index is -0.126. The van der Waals surface area contributed by atoms with Crippen LogP contribution in [0.5, 0.6) is 0 Å². The molecule has 0 unspecified atom stereocenters. The highest BCUT2D eigenvalue weighted by molar-refractivity contribution is 5.77. The number of hydrogen-bond acceptors (Lipinski definition) is 5. The van der Waals surface area contributed by atoms with Crippen molar-refractivity contribution >= 4 is 16.9 Å². The molecule has 1 fully saturated rings. The standard InChI is InChI=1S/C17H23N5O2/c1-2-18-16(23)12-22-9-7-21(8-10-22)11-15-17(24)20-14-6-4-3-5-13(14)19-15/h3-6H,2,7-12H2,1H3,(H,18,23)(H,20,24). The predicted molar refractivity (Wildman–Crippen MR) is 92.8 cm³/mol. The molecule has 2 aromatic rings. The lowest BCUT2D eigenvalue weighted by atomic mass is 10.2. The number of nitrogens with zero attached hydrogens (tertiary/aromatic N) is 3. The Morgan fingerprint density at radius 2 is 1.92 bits per heavy atom. The molecule has 1 amide bonds. The fourth-order valence-corrected chi connectivity index (χ4v) is 2.95. The zero-order valence-corrected chi connectivity index (χ0v) is 13.9. The van der Waals surface area contributed by atoms with Crippen molar-refractivity contribution in [1.82, 2.24) is 25.1 Å². The quantitative estimate of drug-likeness (QED) is 0.818. The number of hydrogen-bond donors (Lipinski definition) is 2. The fraction of sp³-hybridized carbons (Fsp3) is 0.471. The Labute approximate surface area is 140 Å². The summed E-state index contributed by atoms with van der Waals surface area (Å²) < 4.78 is 0. The van der Waals surface area contributed by atoms with Gasteiger partial charge in [-0.2, -0.15) is 0 Å². The molecule has 0 atom stereocenters. The van der Waals surface area contributed by atoms with Crippen LogP contribution in [0.15, 0.2) is 29.1 Å². The van der Waals surface area contributed by atoms with Gasteiger partial charge in [0.05, 0.1) is 17.6 Å². The van der Waals surface area contributed by atoms with Crippen molar-refractivity contribution in [2.24, 2.45) is 0 Å². The van der Waals surface area contributed by atoms with Crippen LogP contribution in [0.1, 0.15) is 12.6 Å². The highest BCUT2D eigenvalue weighted by atomic mass is 16.2. The van der Waals surface area contributed by atoms with Gasteiger partial charge in [-0.25, -0.2) is 4.98 Å². The normalized spacial score (nSPS) is 16.4. The van der Waals surface area contributed by atoms with Gasteiger partial charge >= 0.3 is 0 Å². The van der Waals surface area contributed by atoms with Crippen LogP contribution in [0.2, 0.25) is 0 Å². The van der Waals surface area contributed by atoms with E-state index < -0.39 is 0 Å². The molecule has 0 spiro atoms. The number of aromatic amines is 1. The number of fused-ring (bicyclic) bond motifs is 1. The van der Waals surface area contributed by atoms with Crippen LogP contribution in [-0.2, 0) is 11.3 Å². The number of para-hydroxylation sites is 2. The molecule has 0 radical (unpaired) electrons. The van der Waals surface area contributed by atoms with E-state index >= 15 is 0 Å². The summed E-state index contributed by atoms with van der Waals surface area (Å²) in [4.78, 5) is 35.5. The molecule has 1 aromatic carbocycles. The van der Waals surface area contributed by atoms with Gasteiger partial charge in [-0.3, -0.25) is 19.4 Å². The summed E-state index contributed by atoms with van der Waals surface area (Å²) in [7, 11) is 0. The first-order valence-corrected chi connectivity index (χ1v) is 8.35. The van der Waals surface area contributed by atoms with Gasteiger partial charge in [-0.05, 0) is 19.1 Å². The lowest BCUT2D eigenvalue weighted by Gasteiger charge is -2.33. The van der Waals surface area contributed by atoms with Crippen molar-refractivity contribution in [2.75, 3.05) is 39.3 Å². The monoisotopic (exact) mass is 329 g/mol. The Kier molecular flexibility index (Phi) is 5.22. The van der Waals surface area contributed by atoms with E-state index in [1.165, 1.54) is 0 Å². The largest absolute Gasteiger partial charge is 0.355 e. The molecule has 2 heterocycles. The Balaban J connectivity index is 1.59. The van der Waals surface area contributed by atoms with Crippen LogP contribution in [0, 0.1) is 0 Å². The summed E-state index contributed by atoms with van der Waals surface area (Å²) in [5.41, 5.74) is 1.99. The maximum absolute atomic E-state index is 12.2. The van der Waals surface area contributed by atoms with Crippen molar-refractivity contribution in [2.45, 2.75) is 13.5 Å². The van der Waals surface area contributed by atoms with Gasteiger partial charge in [-0.15, -0.1) is 0 Å². The third kappa shape index (κ3) is 3.98. The second-order valence-electron chi connectivity index (χ2n) is 6.04. The second-order valence-corrected chi connectivity index (χ2v) is 6.04. The van der Waals surface area contributed by atoms with Gasteiger partial charge in [0.2, 0.25) is 5.91 Å². The lowest BCUT2D eigenvalue weighted by Crippen LogP contribution is -2.49. The first kappa shape index (κ1) is 16.6. The van der Waals surface area contributed by atoms with Gasteiger partial charge in [-0.1, -0.05) is 12.1 Å². The van der Waals surface area contributed by atoms with Gasteiger partial charge in [0.15, 0.2) is 0 Å². The minimum Gasteiger partial charge on any atom is -0.355 e. The van der Waals surface area contributed by atoms with E-state index in [9.17, 15) is 9.59 Å². The molecule has 2 N–H and O–H groups in total. The number of rotatable bonds is 5. The summed E-state index contributed by atoms with van der Waals surface area (Å²) in [6, 6.07) is 7.55. The molecule has 128 valence electrons. The number of carbonyl (C=O) groups excluding carboxylic acids is 1. The maximum atomic E-state index is 12.2. The van der Waals surface area contributed by atoms with E-state index in [0.29, 0.717) is 25.3 Å². The number of benzene rings is 1. The number of H-pyrrole nitrogens is 1. The van der Waals surface area contributed by atoms with Crippen LogP contribution >= 0.6 is 0 Å². The molecular formula is C17H23N5O2. The van der Waals surface area contributed by atoms with Crippen molar-refractivity contribution < 1.29 is 4.79 Å².